The number of hydrogen-bond donors (Lipinski definition) is 2. The van der Waals surface area contributed by atoms with E-state index in [4.69, 9.17) is 11.5 Å². The molecule has 0 aliphatic rings. The first-order chi connectivity index (χ1) is 4.04. The SMILES string of the molecule is CC(C)CC(N)C(N)=O.O. The Balaban J connectivity index is 0. The van der Waals surface area contributed by atoms with Crippen LogP contribution < -0.4 is 11.5 Å². The fraction of sp³-hybridized carbons (Fsp3) is 0.833. The number of hydrogen-bond acceptors (Lipinski definition) is 2. The monoisotopic (exact) mass is 148 g/mol. The number of amides is 1. The lowest BCUT2D eigenvalue weighted by Crippen LogP contribution is -2.37. The number of rotatable bonds is 3. The molecule has 0 saturated heterocycles. The highest BCUT2D eigenvalue weighted by Crippen LogP contribution is 2.00. The van der Waals surface area contributed by atoms with Gasteiger partial charge in [0.15, 0.2) is 0 Å². The third-order valence-corrected chi connectivity index (χ3v) is 1.09. The van der Waals surface area contributed by atoms with E-state index in [9.17, 15) is 4.79 Å². The van der Waals surface area contributed by atoms with E-state index >= 15 is 0 Å². The predicted molar refractivity (Wildman–Crippen MR) is 40.2 cm³/mol. The van der Waals surface area contributed by atoms with Crippen LogP contribution >= 0.6 is 0 Å². The van der Waals surface area contributed by atoms with Crippen LogP contribution in [0.25, 0.3) is 0 Å². The minimum absolute atomic E-state index is 0. The summed E-state index contributed by atoms with van der Waals surface area (Å²) in [6.45, 7) is 4.01. The van der Waals surface area contributed by atoms with Gasteiger partial charge < -0.3 is 16.9 Å². The van der Waals surface area contributed by atoms with E-state index < -0.39 is 11.9 Å². The molecule has 0 radical (unpaired) electrons. The van der Waals surface area contributed by atoms with Gasteiger partial charge in [-0.05, 0) is 12.3 Å². The average Bonchev–Trinajstić information content (AvgIpc) is 1.63. The fourth-order valence-corrected chi connectivity index (χ4v) is 0.624. The molecule has 0 aliphatic carbocycles. The maximum atomic E-state index is 10.3. The van der Waals surface area contributed by atoms with Crippen molar-refractivity contribution in [1.82, 2.24) is 0 Å². The molecule has 0 bridgehead atoms. The molecule has 0 heterocycles. The lowest BCUT2D eigenvalue weighted by molar-refractivity contribution is -0.119. The standard InChI is InChI=1S/C6H14N2O.H2O/c1-4(2)3-5(7)6(8)9;/h4-5H,3,7H2,1-2H3,(H2,8,9);1H2. The third-order valence-electron chi connectivity index (χ3n) is 1.09. The number of primary amides is 1. The normalized spacial score (nSPS) is 12.4. The summed E-state index contributed by atoms with van der Waals surface area (Å²) in [7, 11) is 0. The Morgan fingerprint density at radius 2 is 1.90 bits per heavy atom. The smallest absolute Gasteiger partial charge is 0.234 e. The predicted octanol–water partition coefficient (Wildman–Crippen LogP) is -0.980. The van der Waals surface area contributed by atoms with Crippen molar-refractivity contribution in [2.75, 3.05) is 0 Å². The van der Waals surface area contributed by atoms with E-state index in [1.54, 1.807) is 0 Å². The fourth-order valence-electron chi connectivity index (χ4n) is 0.624. The Bertz CT molecular complexity index is 104. The maximum Gasteiger partial charge on any atom is 0.234 e. The second-order valence-electron chi connectivity index (χ2n) is 2.64. The van der Waals surface area contributed by atoms with Crippen LogP contribution in [0.5, 0.6) is 0 Å². The highest BCUT2D eigenvalue weighted by molar-refractivity contribution is 5.79. The zero-order chi connectivity index (χ0) is 7.44. The van der Waals surface area contributed by atoms with E-state index in [1.165, 1.54) is 0 Å². The summed E-state index contributed by atoms with van der Waals surface area (Å²) in [6, 6.07) is -0.468. The van der Waals surface area contributed by atoms with Crippen molar-refractivity contribution in [3.63, 3.8) is 0 Å². The van der Waals surface area contributed by atoms with Gasteiger partial charge >= 0.3 is 0 Å². The van der Waals surface area contributed by atoms with Gasteiger partial charge in [0.05, 0.1) is 6.04 Å². The quantitative estimate of drug-likeness (QED) is 0.537. The second-order valence-corrected chi connectivity index (χ2v) is 2.64. The Labute approximate surface area is 60.9 Å². The van der Waals surface area contributed by atoms with Gasteiger partial charge in [-0.2, -0.15) is 0 Å². The van der Waals surface area contributed by atoms with Gasteiger partial charge in [-0.1, -0.05) is 13.8 Å². The molecule has 4 heteroatoms. The van der Waals surface area contributed by atoms with E-state index in [2.05, 4.69) is 0 Å². The highest BCUT2D eigenvalue weighted by atomic mass is 16.1. The van der Waals surface area contributed by atoms with Crippen molar-refractivity contribution in [3.8, 4) is 0 Å². The molecule has 0 saturated carbocycles. The van der Waals surface area contributed by atoms with Crippen LogP contribution in [0, 0.1) is 5.92 Å². The Hall–Kier alpha value is -0.610. The van der Waals surface area contributed by atoms with E-state index in [-0.39, 0.29) is 5.48 Å². The van der Waals surface area contributed by atoms with Crippen LogP contribution in [-0.2, 0) is 4.79 Å². The zero-order valence-electron chi connectivity index (χ0n) is 6.42. The lowest BCUT2D eigenvalue weighted by atomic mass is 10.0. The molecule has 4 nitrogen and oxygen atoms in total. The Morgan fingerprint density at radius 1 is 1.50 bits per heavy atom. The lowest BCUT2D eigenvalue weighted by Gasteiger charge is -2.08. The molecule has 0 aliphatic heterocycles. The van der Waals surface area contributed by atoms with Gasteiger partial charge in [-0.25, -0.2) is 0 Å². The highest BCUT2D eigenvalue weighted by Gasteiger charge is 2.09. The molecular formula is C6H16N2O2. The molecule has 0 spiro atoms. The van der Waals surface area contributed by atoms with Gasteiger partial charge in [0.25, 0.3) is 0 Å². The molecule has 0 aromatic carbocycles. The molecule has 0 fully saturated rings. The molecule has 1 unspecified atom stereocenters. The molecule has 62 valence electrons. The average molecular weight is 148 g/mol. The maximum absolute atomic E-state index is 10.3. The molecular weight excluding hydrogens is 132 g/mol. The van der Waals surface area contributed by atoms with Crippen LogP contribution in [0.2, 0.25) is 0 Å². The number of carbonyl (C=O) groups is 1. The summed E-state index contributed by atoms with van der Waals surface area (Å²) in [5.41, 5.74) is 10.3. The molecule has 1 atom stereocenters. The minimum Gasteiger partial charge on any atom is -0.412 e. The van der Waals surface area contributed by atoms with Crippen LogP contribution in [0.15, 0.2) is 0 Å². The van der Waals surface area contributed by atoms with Crippen molar-refractivity contribution in [3.05, 3.63) is 0 Å². The summed E-state index contributed by atoms with van der Waals surface area (Å²) in [5.74, 6) is 0.0243. The van der Waals surface area contributed by atoms with Crippen LogP contribution in [0.4, 0.5) is 0 Å². The molecule has 0 rings (SSSR count). The van der Waals surface area contributed by atoms with E-state index in [0.717, 1.165) is 0 Å². The molecule has 1 amide bonds. The van der Waals surface area contributed by atoms with E-state index in [1.807, 2.05) is 13.8 Å². The molecule has 0 aromatic rings. The summed E-state index contributed by atoms with van der Waals surface area (Å²) in [5, 5.41) is 0. The van der Waals surface area contributed by atoms with Crippen molar-refractivity contribution in [2.45, 2.75) is 26.3 Å². The third kappa shape index (κ3) is 5.53. The zero-order valence-corrected chi connectivity index (χ0v) is 6.42. The number of carbonyl (C=O) groups excluding carboxylic acids is 1. The van der Waals surface area contributed by atoms with Gasteiger partial charge in [-0.15, -0.1) is 0 Å². The van der Waals surface area contributed by atoms with Gasteiger partial charge in [0.1, 0.15) is 0 Å². The van der Waals surface area contributed by atoms with Crippen molar-refractivity contribution in [1.29, 1.82) is 0 Å². The summed E-state index contributed by atoms with van der Waals surface area (Å²) >= 11 is 0. The second kappa shape index (κ2) is 5.20. The Morgan fingerprint density at radius 3 is 2.00 bits per heavy atom. The first kappa shape index (κ1) is 12.1. The summed E-state index contributed by atoms with van der Waals surface area (Å²) in [6.07, 6.45) is 0.676. The first-order valence-corrected chi connectivity index (χ1v) is 3.09. The Kier molecular flexibility index (Phi) is 6.29. The molecule has 0 aromatic heterocycles. The van der Waals surface area contributed by atoms with Crippen LogP contribution in [-0.4, -0.2) is 17.4 Å². The van der Waals surface area contributed by atoms with E-state index in [0.29, 0.717) is 12.3 Å². The molecule has 10 heavy (non-hydrogen) atoms. The van der Waals surface area contributed by atoms with Gasteiger partial charge in [0, 0.05) is 0 Å². The van der Waals surface area contributed by atoms with Crippen molar-refractivity contribution >= 4 is 5.91 Å². The van der Waals surface area contributed by atoms with Gasteiger partial charge in [0.2, 0.25) is 5.91 Å². The molecule has 6 N–H and O–H groups in total. The summed E-state index contributed by atoms with van der Waals surface area (Å²) < 4.78 is 0. The minimum atomic E-state index is -0.468. The summed E-state index contributed by atoms with van der Waals surface area (Å²) in [4.78, 5) is 10.3. The topological polar surface area (TPSA) is 101 Å². The largest absolute Gasteiger partial charge is 0.412 e. The number of nitrogens with two attached hydrogens (primary N) is 2. The van der Waals surface area contributed by atoms with Crippen molar-refractivity contribution in [2.24, 2.45) is 17.4 Å². The van der Waals surface area contributed by atoms with Crippen LogP contribution in [0.1, 0.15) is 20.3 Å². The van der Waals surface area contributed by atoms with Crippen molar-refractivity contribution < 1.29 is 10.3 Å². The van der Waals surface area contributed by atoms with Crippen LogP contribution in [0.3, 0.4) is 0 Å². The first-order valence-electron chi connectivity index (χ1n) is 3.09. The van der Waals surface area contributed by atoms with Gasteiger partial charge in [-0.3, -0.25) is 4.79 Å².